The quantitative estimate of drug-likeness (QED) is 0.778. The third kappa shape index (κ3) is 3.77. The molecule has 0 aliphatic carbocycles. The fourth-order valence-electron chi connectivity index (χ4n) is 2.14. The number of benzene rings is 2. The van der Waals surface area contributed by atoms with Gasteiger partial charge in [0.1, 0.15) is 0 Å². The van der Waals surface area contributed by atoms with E-state index in [9.17, 15) is 0 Å². The van der Waals surface area contributed by atoms with Crippen molar-refractivity contribution < 1.29 is 9.47 Å². The van der Waals surface area contributed by atoms with Crippen LogP contribution in [0.25, 0.3) is 10.8 Å². The molecule has 0 aromatic heterocycles. The van der Waals surface area contributed by atoms with Crippen LogP contribution in [0.3, 0.4) is 0 Å². The fourth-order valence-corrected chi connectivity index (χ4v) is 2.14. The summed E-state index contributed by atoms with van der Waals surface area (Å²) in [7, 11) is 0. The molecule has 0 fully saturated rings. The predicted octanol–water partition coefficient (Wildman–Crippen LogP) is 2.89. The molecule has 0 amide bonds. The first-order chi connectivity index (χ1) is 9.33. The van der Waals surface area contributed by atoms with E-state index in [4.69, 9.17) is 15.2 Å². The molecule has 2 aromatic carbocycles. The summed E-state index contributed by atoms with van der Waals surface area (Å²) < 4.78 is 10.8. The first-order valence-electron chi connectivity index (χ1n) is 6.71. The maximum atomic E-state index is 6.21. The first kappa shape index (κ1) is 14.0. The Hall–Kier alpha value is -1.42. The van der Waals surface area contributed by atoms with Crippen LogP contribution in [0.4, 0.5) is 0 Å². The molecule has 2 N–H and O–H groups in total. The minimum Gasteiger partial charge on any atom is -0.379 e. The van der Waals surface area contributed by atoms with Crippen LogP contribution < -0.4 is 5.73 Å². The second-order valence-corrected chi connectivity index (χ2v) is 4.45. The molecule has 0 spiro atoms. The highest BCUT2D eigenvalue weighted by Crippen LogP contribution is 2.23. The second kappa shape index (κ2) is 7.24. The average Bonchev–Trinajstić information content (AvgIpc) is 2.46. The van der Waals surface area contributed by atoms with E-state index in [0.717, 1.165) is 12.2 Å². The highest BCUT2D eigenvalue weighted by Gasteiger charge is 2.09. The molecule has 2 rings (SSSR count). The number of hydrogen-bond acceptors (Lipinski definition) is 3. The van der Waals surface area contributed by atoms with Crippen LogP contribution in [0.2, 0.25) is 0 Å². The molecule has 0 bridgehead atoms. The van der Waals surface area contributed by atoms with Crippen molar-refractivity contribution in [3.8, 4) is 0 Å². The normalized spacial score (nSPS) is 12.7. The molecule has 1 atom stereocenters. The van der Waals surface area contributed by atoms with Gasteiger partial charge in [0, 0.05) is 6.61 Å². The van der Waals surface area contributed by atoms with Crippen molar-refractivity contribution in [2.45, 2.75) is 13.0 Å². The van der Waals surface area contributed by atoms with Crippen LogP contribution >= 0.6 is 0 Å². The maximum absolute atomic E-state index is 6.21. The van der Waals surface area contributed by atoms with Gasteiger partial charge in [-0.05, 0) is 23.3 Å². The molecule has 2 aromatic rings. The molecule has 19 heavy (non-hydrogen) atoms. The lowest BCUT2D eigenvalue weighted by Gasteiger charge is -2.15. The number of fused-ring (bicyclic) bond motifs is 1. The van der Waals surface area contributed by atoms with Crippen LogP contribution in [0.5, 0.6) is 0 Å². The van der Waals surface area contributed by atoms with Crippen LogP contribution in [0, 0.1) is 0 Å². The van der Waals surface area contributed by atoms with Crippen molar-refractivity contribution in [3.63, 3.8) is 0 Å². The van der Waals surface area contributed by atoms with E-state index in [2.05, 4.69) is 24.3 Å². The molecule has 3 heteroatoms. The number of nitrogens with two attached hydrogens (primary N) is 1. The highest BCUT2D eigenvalue weighted by atomic mass is 16.5. The molecule has 102 valence electrons. The summed E-state index contributed by atoms with van der Waals surface area (Å²) in [4.78, 5) is 0. The summed E-state index contributed by atoms with van der Waals surface area (Å²) in [6.07, 6.45) is 0. The van der Waals surface area contributed by atoms with Crippen LogP contribution in [0.15, 0.2) is 42.5 Å². The number of rotatable bonds is 7. The Morgan fingerprint density at radius 2 is 1.74 bits per heavy atom. The van der Waals surface area contributed by atoms with Crippen LogP contribution in [0.1, 0.15) is 18.5 Å². The van der Waals surface area contributed by atoms with E-state index in [0.29, 0.717) is 19.8 Å². The lowest BCUT2D eigenvalue weighted by molar-refractivity contribution is 0.0474. The Morgan fingerprint density at radius 1 is 1.00 bits per heavy atom. The molecule has 3 nitrogen and oxygen atoms in total. The summed E-state index contributed by atoms with van der Waals surface area (Å²) in [6, 6.07) is 14.4. The summed E-state index contributed by atoms with van der Waals surface area (Å²) in [5.41, 5.74) is 7.34. The van der Waals surface area contributed by atoms with Gasteiger partial charge in [-0.25, -0.2) is 0 Å². The zero-order valence-electron chi connectivity index (χ0n) is 11.3. The molecular weight excluding hydrogens is 238 g/mol. The molecule has 0 aliphatic heterocycles. The van der Waals surface area contributed by atoms with Gasteiger partial charge in [0.05, 0.1) is 25.9 Å². The van der Waals surface area contributed by atoms with Gasteiger partial charge in [0.15, 0.2) is 0 Å². The Labute approximate surface area is 114 Å². The Morgan fingerprint density at radius 3 is 2.58 bits per heavy atom. The molecule has 0 saturated carbocycles. The largest absolute Gasteiger partial charge is 0.379 e. The van der Waals surface area contributed by atoms with Crippen molar-refractivity contribution in [1.29, 1.82) is 0 Å². The van der Waals surface area contributed by atoms with Crippen LogP contribution in [-0.4, -0.2) is 26.4 Å². The van der Waals surface area contributed by atoms with Gasteiger partial charge in [-0.1, -0.05) is 42.5 Å². The summed E-state index contributed by atoms with van der Waals surface area (Å²) >= 11 is 0. The number of hydrogen-bond donors (Lipinski definition) is 1. The van der Waals surface area contributed by atoms with Crippen LogP contribution in [-0.2, 0) is 9.47 Å². The molecule has 0 heterocycles. The smallest absolute Gasteiger partial charge is 0.0701 e. The number of ether oxygens (including phenoxy) is 2. The molecular formula is C16H21NO2. The minimum atomic E-state index is -0.104. The molecule has 0 aliphatic rings. The molecule has 0 radical (unpaired) electrons. The van der Waals surface area contributed by atoms with Crippen molar-refractivity contribution in [2.24, 2.45) is 5.73 Å². The van der Waals surface area contributed by atoms with E-state index in [1.165, 1.54) is 10.8 Å². The standard InChI is InChI=1S/C16H21NO2/c1-2-18-10-11-19-12-16(17)15-9-5-7-13-6-3-4-8-14(13)15/h3-9,16H,2,10-12,17H2,1H3. The summed E-state index contributed by atoms with van der Waals surface area (Å²) in [6.45, 7) is 4.42. The van der Waals surface area contributed by atoms with Gasteiger partial charge in [-0.2, -0.15) is 0 Å². The van der Waals surface area contributed by atoms with Gasteiger partial charge >= 0.3 is 0 Å². The van der Waals surface area contributed by atoms with Gasteiger partial charge in [0.25, 0.3) is 0 Å². The monoisotopic (exact) mass is 259 g/mol. The Balaban J connectivity index is 1.99. The Kier molecular flexibility index (Phi) is 5.33. The average molecular weight is 259 g/mol. The van der Waals surface area contributed by atoms with Crippen molar-refractivity contribution in [2.75, 3.05) is 26.4 Å². The van der Waals surface area contributed by atoms with Gasteiger partial charge in [-0.15, -0.1) is 0 Å². The van der Waals surface area contributed by atoms with E-state index >= 15 is 0 Å². The molecule has 1 unspecified atom stereocenters. The SMILES string of the molecule is CCOCCOCC(N)c1cccc2ccccc12. The highest BCUT2D eigenvalue weighted by molar-refractivity contribution is 5.86. The molecule has 0 saturated heterocycles. The van der Waals surface area contributed by atoms with E-state index in [1.807, 2.05) is 25.1 Å². The predicted molar refractivity (Wildman–Crippen MR) is 78.2 cm³/mol. The van der Waals surface area contributed by atoms with E-state index in [-0.39, 0.29) is 6.04 Å². The van der Waals surface area contributed by atoms with Gasteiger partial charge in [-0.3, -0.25) is 0 Å². The third-order valence-corrected chi connectivity index (χ3v) is 3.10. The third-order valence-electron chi connectivity index (χ3n) is 3.10. The van der Waals surface area contributed by atoms with Crippen molar-refractivity contribution in [3.05, 3.63) is 48.0 Å². The van der Waals surface area contributed by atoms with Crippen molar-refractivity contribution >= 4 is 10.8 Å². The first-order valence-corrected chi connectivity index (χ1v) is 6.71. The van der Waals surface area contributed by atoms with E-state index < -0.39 is 0 Å². The van der Waals surface area contributed by atoms with Gasteiger partial charge < -0.3 is 15.2 Å². The summed E-state index contributed by atoms with van der Waals surface area (Å²) in [5.74, 6) is 0. The fraction of sp³-hybridized carbons (Fsp3) is 0.375. The summed E-state index contributed by atoms with van der Waals surface area (Å²) in [5, 5.41) is 2.41. The lowest BCUT2D eigenvalue weighted by Crippen LogP contribution is -2.19. The van der Waals surface area contributed by atoms with Gasteiger partial charge in [0.2, 0.25) is 0 Å². The topological polar surface area (TPSA) is 44.5 Å². The Bertz CT molecular complexity index is 508. The zero-order valence-corrected chi connectivity index (χ0v) is 11.3. The maximum Gasteiger partial charge on any atom is 0.0701 e. The van der Waals surface area contributed by atoms with Crippen molar-refractivity contribution in [1.82, 2.24) is 0 Å². The van der Waals surface area contributed by atoms with E-state index in [1.54, 1.807) is 0 Å². The second-order valence-electron chi connectivity index (χ2n) is 4.45. The minimum absolute atomic E-state index is 0.104. The zero-order chi connectivity index (χ0) is 13.5. The lowest BCUT2D eigenvalue weighted by atomic mass is 10.00.